The normalized spacial score (nSPS) is 14.1. The zero-order chi connectivity index (χ0) is 18.9. The van der Waals surface area contributed by atoms with Crippen molar-refractivity contribution in [2.45, 2.75) is 51.7 Å². The molecule has 1 aromatic heterocycles. The molecule has 1 amide bonds. The molecule has 3 rings (SSSR count). The lowest BCUT2D eigenvalue weighted by Gasteiger charge is -2.20. The molecule has 0 aliphatic heterocycles. The Hall–Kier alpha value is -2.83. The van der Waals surface area contributed by atoms with E-state index in [9.17, 15) is 14.7 Å². The van der Waals surface area contributed by atoms with Crippen LogP contribution in [0.3, 0.4) is 0 Å². The minimum Gasteiger partial charge on any atom is -0.476 e. The quantitative estimate of drug-likeness (QED) is 0.847. The first-order valence-corrected chi connectivity index (χ1v) is 8.62. The molecule has 0 bridgehead atoms. The lowest BCUT2D eigenvalue weighted by Crippen LogP contribution is -2.28. The van der Waals surface area contributed by atoms with Gasteiger partial charge in [0.05, 0.1) is 6.54 Å². The summed E-state index contributed by atoms with van der Waals surface area (Å²) in [5.41, 5.74) is 0.154. The van der Waals surface area contributed by atoms with Gasteiger partial charge in [-0.3, -0.25) is 5.32 Å². The monoisotopic (exact) mass is 357 g/mol. The third-order valence-corrected chi connectivity index (χ3v) is 3.95. The van der Waals surface area contributed by atoms with Crippen molar-refractivity contribution in [2.24, 2.45) is 0 Å². The first-order valence-electron chi connectivity index (χ1n) is 8.62. The highest BCUT2D eigenvalue weighted by Gasteiger charge is 2.34. The lowest BCUT2D eigenvalue weighted by molar-refractivity contribution is 0.0634. The van der Waals surface area contributed by atoms with Crippen LogP contribution in [0.25, 0.3) is 0 Å². The highest BCUT2D eigenvalue weighted by molar-refractivity contribution is 5.96. The number of anilines is 1. The van der Waals surface area contributed by atoms with Crippen LogP contribution in [0, 0.1) is 0 Å². The number of aromatic nitrogens is 2. The molecular weight excluding hydrogens is 334 g/mol. The Morgan fingerprint density at radius 3 is 2.46 bits per heavy atom. The number of hydrogen-bond donors (Lipinski definition) is 2. The zero-order valence-corrected chi connectivity index (χ0v) is 15.2. The zero-order valence-electron chi connectivity index (χ0n) is 15.2. The fraction of sp³-hybridized carbons (Fsp3) is 0.421. The number of nitrogens with one attached hydrogen (secondary N) is 1. The van der Waals surface area contributed by atoms with Crippen molar-refractivity contribution in [1.82, 2.24) is 9.55 Å². The highest BCUT2D eigenvalue weighted by atomic mass is 16.6. The summed E-state index contributed by atoms with van der Waals surface area (Å²) in [6.07, 6.45) is 1.24. The van der Waals surface area contributed by atoms with E-state index in [0.29, 0.717) is 12.4 Å². The molecule has 0 radical (unpaired) electrons. The summed E-state index contributed by atoms with van der Waals surface area (Å²) in [7, 11) is 0. The number of imidazole rings is 1. The van der Waals surface area contributed by atoms with Crippen molar-refractivity contribution in [3.8, 4) is 0 Å². The van der Waals surface area contributed by atoms with E-state index in [1.807, 2.05) is 30.3 Å². The topological polar surface area (TPSA) is 93.4 Å². The Labute approximate surface area is 152 Å². The minimum absolute atomic E-state index is 0.159. The fourth-order valence-electron chi connectivity index (χ4n) is 2.73. The Bertz CT molecular complexity index is 817. The van der Waals surface area contributed by atoms with E-state index in [-0.39, 0.29) is 17.4 Å². The van der Waals surface area contributed by atoms with E-state index < -0.39 is 17.7 Å². The molecule has 1 aliphatic carbocycles. The lowest BCUT2D eigenvalue weighted by atomic mass is 10.2. The Morgan fingerprint density at radius 2 is 1.92 bits per heavy atom. The molecule has 0 spiro atoms. The van der Waals surface area contributed by atoms with Crippen LogP contribution in [-0.4, -0.2) is 32.3 Å². The van der Waals surface area contributed by atoms with E-state index in [0.717, 1.165) is 18.4 Å². The molecule has 7 nitrogen and oxygen atoms in total. The van der Waals surface area contributed by atoms with Gasteiger partial charge in [-0.1, -0.05) is 30.3 Å². The molecule has 2 aromatic rings. The smallest absolute Gasteiger partial charge is 0.413 e. The third kappa shape index (κ3) is 4.22. The van der Waals surface area contributed by atoms with Gasteiger partial charge >= 0.3 is 12.1 Å². The SMILES string of the molecule is CC(C)(C)OC(=O)Nc1c(C(=O)O)nc(C2CC2)n1Cc1ccccc1. The Kier molecular flexibility index (Phi) is 4.71. The molecule has 1 fully saturated rings. The second-order valence-corrected chi connectivity index (χ2v) is 7.45. The summed E-state index contributed by atoms with van der Waals surface area (Å²) in [5.74, 6) is -0.0921. The number of carboxylic acid groups (broad SMARTS) is 1. The van der Waals surface area contributed by atoms with Crippen LogP contribution in [0.2, 0.25) is 0 Å². The molecule has 0 atom stereocenters. The van der Waals surface area contributed by atoms with Crippen LogP contribution in [0.1, 0.15) is 61.4 Å². The van der Waals surface area contributed by atoms with Crippen LogP contribution in [0.15, 0.2) is 30.3 Å². The Morgan fingerprint density at radius 1 is 1.27 bits per heavy atom. The van der Waals surface area contributed by atoms with Gasteiger partial charge in [-0.15, -0.1) is 0 Å². The molecule has 0 unspecified atom stereocenters. The number of carbonyl (C=O) groups is 2. The molecule has 26 heavy (non-hydrogen) atoms. The van der Waals surface area contributed by atoms with Gasteiger partial charge in [-0.2, -0.15) is 0 Å². The Balaban J connectivity index is 1.99. The maximum Gasteiger partial charge on any atom is 0.413 e. The van der Waals surface area contributed by atoms with Crippen molar-refractivity contribution in [1.29, 1.82) is 0 Å². The maximum atomic E-state index is 12.2. The van der Waals surface area contributed by atoms with Crippen LogP contribution >= 0.6 is 0 Å². The molecule has 0 saturated heterocycles. The van der Waals surface area contributed by atoms with Gasteiger partial charge in [0.1, 0.15) is 11.4 Å². The van der Waals surface area contributed by atoms with Crippen LogP contribution in [-0.2, 0) is 11.3 Å². The van der Waals surface area contributed by atoms with Crippen LogP contribution in [0.4, 0.5) is 10.6 Å². The summed E-state index contributed by atoms with van der Waals surface area (Å²) >= 11 is 0. The molecule has 1 aromatic carbocycles. The predicted molar refractivity (Wildman–Crippen MR) is 96.6 cm³/mol. The van der Waals surface area contributed by atoms with Gasteiger partial charge in [0.2, 0.25) is 0 Å². The van der Waals surface area contributed by atoms with E-state index in [2.05, 4.69) is 10.3 Å². The largest absolute Gasteiger partial charge is 0.476 e. The number of ether oxygens (including phenoxy) is 1. The number of aromatic carboxylic acids is 1. The molecular formula is C19H23N3O4. The number of carboxylic acids is 1. The van der Waals surface area contributed by atoms with E-state index in [1.54, 1.807) is 25.3 Å². The summed E-state index contributed by atoms with van der Waals surface area (Å²) in [5, 5.41) is 12.1. The van der Waals surface area contributed by atoms with Gasteiger partial charge in [0, 0.05) is 5.92 Å². The number of carbonyl (C=O) groups excluding carboxylic acids is 1. The molecule has 7 heteroatoms. The van der Waals surface area contributed by atoms with E-state index in [1.165, 1.54) is 0 Å². The average molecular weight is 357 g/mol. The van der Waals surface area contributed by atoms with Crippen LogP contribution < -0.4 is 5.32 Å². The van der Waals surface area contributed by atoms with Crippen molar-refractivity contribution in [3.63, 3.8) is 0 Å². The molecule has 1 heterocycles. The summed E-state index contributed by atoms with van der Waals surface area (Å²) in [4.78, 5) is 28.2. The van der Waals surface area contributed by atoms with Gasteiger partial charge in [0.25, 0.3) is 0 Å². The second kappa shape index (κ2) is 6.82. The third-order valence-electron chi connectivity index (χ3n) is 3.95. The standard InChI is InChI=1S/C19H23N3O4/c1-19(2,3)26-18(25)21-16-14(17(23)24)20-15(13-9-10-13)22(16)11-12-7-5-4-6-8-12/h4-8,13H,9-11H2,1-3H3,(H,21,25)(H,23,24). The average Bonchev–Trinajstić information content (AvgIpc) is 3.31. The molecule has 138 valence electrons. The van der Waals surface area contributed by atoms with Crippen molar-refractivity contribution >= 4 is 17.9 Å². The summed E-state index contributed by atoms with van der Waals surface area (Å²) in [6, 6.07) is 9.66. The summed E-state index contributed by atoms with van der Waals surface area (Å²) in [6.45, 7) is 5.68. The fourth-order valence-corrected chi connectivity index (χ4v) is 2.73. The van der Waals surface area contributed by atoms with Crippen LogP contribution in [0.5, 0.6) is 0 Å². The number of rotatable bonds is 5. The maximum absolute atomic E-state index is 12.2. The summed E-state index contributed by atoms with van der Waals surface area (Å²) < 4.78 is 7.06. The van der Waals surface area contributed by atoms with Crippen molar-refractivity contribution < 1.29 is 19.4 Å². The molecule has 1 aliphatic rings. The number of hydrogen-bond acceptors (Lipinski definition) is 4. The van der Waals surface area contributed by atoms with Crippen molar-refractivity contribution in [3.05, 3.63) is 47.4 Å². The van der Waals surface area contributed by atoms with Gasteiger partial charge in [-0.25, -0.2) is 14.6 Å². The van der Waals surface area contributed by atoms with Crippen molar-refractivity contribution in [2.75, 3.05) is 5.32 Å². The first-order chi connectivity index (χ1) is 12.2. The number of amides is 1. The van der Waals surface area contributed by atoms with Gasteiger partial charge in [-0.05, 0) is 39.2 Å². The number of nitrogens with zero attached hydrogens (tertiary/aromatic N) is 2. The first kappa shape index (κ1) is 18.0. The van der Waals surface area contributed by atoms with Gasteiger partial charge in [0.15, 0.2) is 11.5 Å². The molecule has 1 saturated carbocycles. The van der Waals surface area contributed by atoms with E-state index in [4.69, 9.17) is 4.74 Å². The second-order valence-electron chi connectivity index (χ2n) is 7.45. The van der Waals surface area contributed by atoms with Gasteiger partial charge < -0.3 is 14.4 Å². The predicted octanol–water partition coefficient (Wildman–Crippen LogP) is 3.85. The number of benzene rings is 1. The minimum atomic E-state index is -1.18. The molecule has 2 N–H and O–H groups in total. The highest BCUT2D eigenvalue weighted by Crippen LogP contribution is 2.41. The van der Waals surface area contributed by atoms with E-state index >= 15 is 0 Å².